The number of nitrogens with one attached hydrogen (secondary N) is 3. The summed E-state index contributed by atoms with van der Waals surface area (Å²) in [5.74, 6) is 0.120. The fourth-order valence-electron chi connectivity index (χ4n) is 3.62. The van der Waals surface area contributed by atoms with E-state index in [0.717, 1.165) is 24.8 Å². The van der Waals surface area contributed by atoms with Crippen molar-refractivity contribution in [2.45, 2.75) is 45.4 Å². The monoisotopic (exact) mass is 503 g/mol. The first-order valence-corrected chi connectivity index (χ1v) is 12.7. The van der Waals surface area contributed by atoms with Crippen LogP contribution in [0.3, 0.4) is 0 Å². The van der Waals surface area contributed by atoms with Crippen molar-refractivity contribution < 1.29 is 14.3 Å². The Morgan fingerprint density at radius 1 is 0.833 bits per heavy atom. The Morgan fingerprint density at radius 2 is 1.56 bits per heavy atom. The van der Waals surface area contributed by atoms with Crippen LogP contribution >= 0.6 is 12.2 Å². The van der Waals surface area contributed by atoms with E-state index in [1.165, 1.54) is 6.42 Å². The van der Waals surface area contributed by atoms with Crippen LogP contribution in [-0.4, -0.2) is 23.5 Å². The van der Waals surface area contributed by atoms with Crippen LogP contribution in [0.2, 0.25) is 0 Å². The Labute approximate surface area is 218 Å². The van der Waals surface area contributed by atoms with Crippen molar-refractivity contribution in [3.05, 3.63) is 90.0 Å². The second-order valence-electron chi connectivity index (χ2n) is 8.43. The Balaban J connectivity index is 1.50. The summed E-state index contributed by atoms with van der Waals surface area (Å²) in [4.78, 5) is 25.2. The first-order valence-electron chi connectivity index (χ1n) is 12.3. The maximum atomic E-state index is 12.8. The number of hydrogen-bond acceptors (Lipinski definition) is 4. The van der Waals surface area contributed by atoms with E-state index in [4.69, 9.17) is 17.0 Å². The van der Waals surface area contributed by atoms with Gasteiger partial charge in [0.15, 0.2) is 5.11 Å². The van der Waals surface area contributed by atoms with E-state index < -0.39 is 0 Å². The average molecular weight is 504 g/mol. The van der Waals surface area contributed by atoms with Gasteiger partial charge in [-0.3, -0.25) is 14.9 Å². The van der Waals surface area contributed by atoms with Gasteiger partial charge in [0.1, 0.15) is 5.75 Å². The zero-order valence-corrected chi connectivity index (χ0v) is 21.4. The molecule has 3 N–H and O–H groups in total. The lowest BCUT2D eigenvalue weighted by molar-refractivity contribution is -0.116. The first kappa shape index (κ1) is 26.9. The Morgan fingerprint density at radius 3 is 2.33 bits per heavy atom. The summed E-state index contributed by atoms with van der Waals surface area (Å²) in [6, 6.07) is 24.2. The molecule has 3 aromatic carbocycles. The molecule has 0 fully saturated rings. The molecule has 0 heterocycles. The number of benzene rings is 3. The summed E-state index contributed by atoms with van der Waals surface area (Å²) < 4.78 is 5.84. The number of ether oxygens (including phenoxy) is 1. The molecule has 0 spiro atoms. The molecule has 3 rings (SSSR count). The Bertz CT molecular complexity index is 1150. The maximum absolute atomic E-state index is 12.8. The third-order valence-corrected chi connectivity index (χ3v) is 5.71. The lowest BCUT2D eigenvalue weighted by Crippen LogP contribution is -2.34. The predicted octanol–water partition coefficient (Wildman–Crippen LogP) is 6.34. The van der Waals surface area contributed by atoms with Crippen molar-refractivity contribution in [3.8, 4) is 5.75 Å². The first-order chi connectivity index (χ1) is 17.5. The minimum atomic E-state index is -0.345. The van der Waals surface area contributed by atoms with Gasteiger partial charge in [-0.05, 0) is 61.0 Å². The summed E-state index contributed by atoms with van der Waals surface area (Å²) in [6.07, 6.45) is 5.44. The van der Waals surface area contributed by atoms with Crippen LogP contribution in [0.25, 0.3) is 0 Å². The molecule has 0 aliphatic heterocycles. The van der Waals surface area contributed by atoms with E-state index >= 15 is 0 Å². The van der Waals surface area contributed by atoms with Gasteiger partial charge < -0.3 is 15.4 Å². The average Bonchev–Trinajstić information content (AvgIpc) is 2.88. The number of carbonyl (C=O) groups is 2. The van der Waals surface area contributed by atoms with Crippen molar-refractivity contribution in [1.82, 2.24) is 5.32 Å². The minimum Gasteiger partial charge on any atom is -0.493 e. The van der Waals surface area contributed by atoms with Gasteiger partial charge in [0.25, 0.3) is 5.91 Å². The molecular formula is C29H33N3O3S. The normalized spacial score (nSPS) is 10.4. The molecule has 36 heavy (non-hydrogen) atoms. The van der Waals surface area contributed by atoms with Crippen molar-refractivity contribution in [2.24, 2.45) is 0 Å². The van der Waals surface area contributed by atoms with Gasteiger partial charge in [-0.1, -0.05) is 74.7 Å². The van der Waals surface area contributed by atoms with E-state index in [-0.39, 0.29) is 16.9 Å². The van der Waals surface area contributed by atoms with Crippen LogP contribution in [0, 0.1) is 0 Å². The third-order valence-electron chi connectivity index (χ3n) is 5.50. The van der Waals surface area contributed by atoms with Crippen molar-refractivity contribution in [1.29, 1.82) is 0 Å². The van der Waals surface area contributed by atoms with E-state index in [1.807, 2.05) is 42.5 Å². The fraction of sp³-hybridized carbons (Fsp3) is 0.276. The highest BCUT2D eigenvalue weighted by Gasteiger charge is 2.14. The molecule has 0 bridgehead atoms. The van der Waals surface area contributed by atoms with Crippen LogP contribution in [-0.2, 0) is 11.2 Å². The molecule has 0 aromatic heterocycles. The number of unbranched alkanes of at least 4 members (excludes halogenated alkanes) is 3. The van der Waals surface area contributed by atoms with Gasteiger partial charge in [0.2, 0.25) is 5.91 Å². The van der Waals surface area contributed by atoms with Gasteiger partial charge in [-0.25, -0.2) is 0 Å². The molecule has 0 atom stereocenters. The van der Waals surface area contributed by atoms with Crippen LogP contribution in [0.1, 0.15) is 54.9 Å². The number of aryl methyl sites for hydroxylation is 1. The molecule has 3 aromatic rings. The van der Waals surface area contributed by atoms with E-state index in [9.17, 15) is 9.59 Å². The highest BCUT2D eigenvalue weighted by atomic mass is 32.1. The van der Waals surface area contributed by atoms with Gasteiger partial charge in [0, 0.05) is 17.8 Å². The second-order valence-corrected chi connectivity index (χ2v) is 8.84. The van der Waals surface area contributed by atoms with Gasteiger partial charge in [-0.2, -0.15) is 0 Å². The molecule has 7 heteroatoms. The summed E-state index contributed by atoms with van der Waals surface area (Å²) in [5, 5.41) is 8.78. The van der Waals surface area contributed by atoms with Crippen LogP contribution in [0.5, 0.6) is 5.75 Å². The standard InChI is InChI=1S/C29H33N3O3S/c1-2-3-4-10-20-35-26-17-9-8-16-25(26)28(34)32-29(36)31-24-15-11-14-23(21-24)30-27(33)19-18-22-12-6-5-7-13-22/h5-9,11-17,21H,2-4,10,18-20H2,1H3,(H,30,33)(H2,31,32,34,36). The summed E-state index contributed by atoms with van der Waals surface area (Å²) in [7, 11) is 0. The number of hydrogen-bond donors (Lipinski definition) is 3. The lowest BCUT2D eigenvalue weighted by Gasteiger charge is -2.14. The largest absolute Gasteiger partial charge is 0.493 e. The fourth-order valence-corrected chi connectivity index (χ4v) is 3.84. The molecule has 0 radical (unpaired) electrons. The van der Waals surface area contributed by atoms with Crippen LogP contribution in [0.4, 0.5) is 11.4 Å². The predicted molar refractivity (Wildman–Crippen MR) is 150 cm³/mol. The topological polar surface area (TPSA) is 79.5 Å². The van der Waals surface area contributed by atoms with Crippen LogP contribution < -0.4 is 20.7 Å². The van der Waals surface area contributed by atoms with Gasteiger partial charge in [-0.15, -0.1) is 0 Å². The van der Waals surface area contributed by atoms with Gasteiger partial charge in [0.05, 0.1) is 12.2 Å². The van der Waals surface area contributed by atoms with E-state index in [2.05, 4.69) is 22.9 Å². The number of thiocarbonyl (C=S) groups is 1. The number of para-hydroxylation sites is 1. The number of amides is 2. The molecule has 0 saturated carbocycles. The molecule has 0 aliphatic rings. The molecule has 0 unspecified atom stereocenters. The third kappa shape index (κ3) is 9.15. The SMILES string of the molecule is CCCCCCOc1ccccc1C(=O)NC(=S)Nc1cccc(NC(=O)CCc2ccccc2)c1. The lowest BCUT2D eigenvalue weighted by atomic mass is 10.1. The Kier molecular flexibility index (Phi) is 10.9. The molecule has 188 valence electrons. The molecule has 0 aliphatic carbocycles. The van der Waals surface area contributed by atoms with Crippen molar-refractivity contribution >= 4 is 40.5 Å². The maximum Gasteiger partial charge on any atom is 0.261 e. The van der Waals surface area contributed by atoms with E-state index in [0.29, 0.717) is 42.1 Å². The number of carbonyl (C=O) groups excluding carboxylic acids is 2. The van der Waals surface area contributed by atoms with E-state index in [1.54, 1.807) is 36.4 Å². The number of anilines is 2. The highest BCUT2D eigenvalue weighted by molar-refractivity contribution is 7.80. The molecule has 2 amide bonds. The molecule has 0 saturated heterocycles. The number of rotatable bonds is 12. The molecule has 6 nitrogen and oxygen atoms in total. The zero-order valence-electron chi connectivity index (χ0n) is 20.6. The zero-order chi connectivity index (χ0) is 25.6. The highest BCUT2D eigenvalue weighted by Crippen LogP contribution is 2.19. The summed E-state index contributed by atoms with van der Waals surface area (Å²) in [6.45, 7) is 2.73. The van der Waals surface area contributed by atoms with Crippen molar-refractivity contribution in [3.63, 3.8) is 0 Å². The van der Waals surface area contributed by atoms with Gasteiger partial charge >= 0.3 is 0 Å². The summed E-state index contributed by atoms with van der Waals surface area (Å²) >= 11 is 5.35. The summed E-state index contributed by atoms with van der Waals surface area (Å²) in [5.41, 5.74) is 2.85. The van der Waals surface area contributed by atoms with Crippen molar-refractivity contribution in [2.75, 3.05) is 17.2 Å². The molecular weight excluding hydrogens is 470 g/mol. The minimum absolute atomic E-state index is 0.0711. The second kappa shape index (κ2) is 14.6. The smallest absolute Gasteiger partial charge is 0.261 e. The Hall–Kier alpha value is -3.71. The quantitative estimate of drug-likeness (QED) is 0.198. The van der Waals surface area contributed by atoms with Crippen LogP contribution in [0.15, 0.2) is 78.9 Å².